The molecule has 8 heteroatoms. The van der Waals surface area contributed by atoms with Gasteiger partial charge in [0.1, 0.15) is 6.68 Å². The molecule has 24 heavy (non-hydrogen) atoms. The molecule has 2 rings (SSSR count). The lowest BCUT2D eigenvalue weighted by Crippen LogP contribution is -2.39. The second-order valence-corrected chi connectivity index (χ2v) is 5.10. The molecule has 0 atom stereocenters. The summed E-state index contributed by atoms with van der Waals surface area (Å²) in [6.07, 6.45) is -3.35. The van der Waals surface area contributed by atoms with Gasteiger partial charge in [0.15, 0.2) is 11.2 Å². The minimum absolute atomic E-state index is 0.0302. The number of imidazole rings is 1. The lowest BCUT2D eigenvalue weighted by molar-refractivity contribution is 0.0678. The van der Waals surface area contributed by atoms with E-state index in [-0.39, 0.29) is 17.8 Å². The van der Waals surface area contributed by atoms with Crippen LogP contribution in [-0.2, 0) is 25.0 Å². The summed E-state index contributed by atoms with van der Waals surface area (Å²) in [5, 5.41) is 10.5. The fourth-order valence-electron chi connectivity index (χ4n) is 2.18. The maximum atomic E-state index is 13.0. The zero-order valence-corrected chi connectivity index (χ0v) is 13.4. The molecule has 0 aliphatic carbocycles. The van der Waals surface area contributed by atoms with Crippen molar-refractivity contribution in [3.05, 3.63) is 27.2 Å². The summed E-state index contributed by atoms with van der Waals surface area (Å²) in [5.74, 6) is 0. The Balaban J connectivity index is 2.48. The van der Waals surface area contributed by atoms with Gasteiger partial charge in [0.2, 0.25) is 0 Å². The van der Waals surface area contributed by atoms with Crippen molar-refractivity contribution in [2.24, 2.45) is 7.05 Å². The summed E-state index contributed by atoms with van der Waals surface area (Å²) in [6, 6.07) is 0. The zero-order valence-electron chi connectivity index (χ0n) is 23.4. The highest BCUT2D eigenvalue weighted by molar-refractivity contribution is 5.69. The topological polar surface area (TPSA) is 91.3 Å². The Morgan fingerprint density at radius 3 is 2.83 bits per heavy atom. The molecule has 2 aromatic heterocycles. The van der Waals surface area contributed by atoms with Crippen molar-refractivity contribution in [3.8, 4) is 0 Å². The van der Waals surface area contributed by atoms with Gasteiger partial charge in [-0.05, 0) is 39.8 Å². The second kappa shape index (κ2) is 7.31. The molecule has 8 nitrogen and oxygen atoms in total. The maximum Gasteiger partial charge on any atom is 0.332 e. The number of nitrogens with zero attached hydrogens (tertiary/aromatic N) is 4. The van der Waals surface area contributed by atoms with Gasteiger partial charge in [-0.15, -0.1) is 0 Å². The minimum Gasteiger partial charge on any atom is -0.390 e. The van der Waals surface area contributed by atoms with E-state index >= 15 is 0 Å². The summed E-state index contributed by atoms with van der Waals surface area (Å²) < 4.78 is 83.9. The lowest BCUT2D eigenvalue weighted by Gasteiger charge is -2.16. The first-order valence-corrected chi connectivity index (χ1v) is 7.28. The van der Waals surface area contributed by atoms with Crippen LogP contribution in [0.15, 0.2) is 15.9 Å². The number of fused-ring (bicyclic) bond motifs is 1. The number of hydrogen-bond acceptors (Lipinski definition) is 5. The molecule has 0 aliphatic rings. The largest absolute Gasteiger partial charge is 0.390 e. The van der Waals surface area contributed by atoms with E-state index in [1.54, 1.807) is 6.92 Å². The highest BCUT2D eigenvalue weighted by Crippen LogP contribution is 2.12. The molecule has 0 saturated carbocycles. The van der Waals surface area contributed by atoms with Crippen LogP contribution in [0.4, 0.5) is 0 Å². The lowest BCUT2D eigenvalue weighted by atomic mass is 10.0. The van der Waals surface area contributed by atoms with Gasteiger partial charge in [0, 0.05) is 31.2 Å². The predicted octanol–water partition coefficient (Wildman–Crippen LogP) is 0.832. The van der Waals surface area contributed by atoms with Gasteiger partial charge < -0.3 is 14.4 Å². The van der Waals surface area contributed by atoms with Crippen molar-refractivity contribution in [1.82, 2.24) is 18.7 Å². The van der Waals surface area contributed by atoms with Crippen LogP contribution in [0.2, 0.25) is 0 Å². The van der Waals surface area contributed by atoms with E-state index in [1.807, 2.05) is 0 Å². The first kappa shape index (κ1) is 8.96. The fourth-order valence-corrected chi connectivity index (χ4v) is 2.18. The van der Waals surface area contributed by atoms with Crippen LogP contribution >= 0.6 is 0 Å². The monoisotopic (exact) mass is 348 g/mol. The maximum absolute atomic E-state index is 13.0. The average molecular weight is 348 g/mol. The molecule has 1 N–H and O–H groups in total. The molecule has 2 aromatic rings. The highest BCUT2D eigenvalue weighted by Gasteiger charge is 2.16. The van der Waals surface area contributed by atoms with E-state index in [4.69, 9.17) is 18.4 Å². The molecular weight excluding hydrogens is 312 g/mol. The average Bonchev–Trinajstić information content (AvgIpc) is 3.12. The van der Waals surface area contributed by atoms with E-state index in [0.717, 1.165) is 15.5 Å². The minimum atomic E-state index is -3.70. The summed E-state index contributed by atoms with van der Waals surface area (Å²) in [4.78, 5) is 29.6. The molecular formula is C16H26N4O4. The van der Waals surface area contributed by atoms with E-state index in [2.05, 4.69) is 4.98 Å². The van der Waals surface area contributed by atoms with Gasteiger partial charge in [-0.3, -0.25) is 13.9 Å². The van der Waals surface area contributed by atoms with Crippen LogP contribution in [0.1, 0.15) is 53.5 Å². The van der Waals surface area contributed by atoms with Crippen LogP contribution in [0.3, 0.4) is 0 Å². The number of hydrogen-bond donors (Lipinski definition) is 1. The van der Waals surface area contributed by atoms with Crippen LogP contribution in [0, 0.1) is 0 Å². The second-order valence-electron chi connectivity index (χ2n) is 5.10. The van der Waals surface area contributed by atoms with E-state index in [9.17, 15) is 14.7 Å². The Bertz CT molecular complexity index is 1150. The summed E-state index contributed by atoms with van der Waals surface area (Å²) in [5.41, 5.74) is -5.93. The number of aryl methyl sites for hydroxylation is 1. The zero-order chi connectivity index (χ0) is 26.5. The van der Waals surface area contributed by atoms with Crippen molar-refractivity contribution in [1.29, 1.82) is 0 Å². The summed E-state index contributed by atoms with van der Waals surface area (Å²) in [6.45, 7) is -8.61. The summed E-state index contributed by atoms with van der Waals surface area (Å²) in [7, 11) is 1.29. The van der Waals surface area contributed by atoms with Gasteiger partial charge >= 0.3 is 5.69 Å². The van der Waals surface area contributed by atoms with E-state index < -0.39 is 63.0 Å². The van der Waals surface area contributed by atoms with Gasteiger partial charge in [-0.1, -0.05) is 0 Å². The Labute approximate surface area is 154 Å². The SMILES string of the molecule is [2H]C([2H])(OCC)n1cnc2c1c(=O)n(CCCC([2H])([2H])C(O)(C([2H])([2H])[2H])C([2H])([2H])[2H])c(=O)n2C. The standard InChI is InChI=1S/C16H26N4O4/c1-5-24-11-19-10-17-13-12(19)14(21)20(15(22)18(13)4)9-7-6-8-16(2,3)23/h10,23H,5-9,11H2,1-4H3/i2D3,3D3,8D2,11D2. The third-order valence-electron chi connectivity index (χ3n) is 3.28. The summed E-state index contributed by atoms with van der Waals surface area (Å²) >= 11 is 0. The van der Waals surface area contributed by atoms with Gasteiger partial charge in [0.25, 0.3) is 5.56 Å². The predicted molar refractivity (Wildman–Crippen MR) is 91.0 cm³/mol. The van der Waals surface area contributed by atoms with Crippen molar-refractivity contribution in [2.75, 3.05) is 6.61 Å². The molecule has 0 fully saturated rings. The Kier molecular flexibility index (Phi) is 2.73. The third-order valence-corrected chi connectivity index (χ3v) is 3.28. The van der Waals surface area contributed by atoms with Crippen molar-refractivity contribution < 1.29 is 23.6 Å². The molecule has 0 unspecified atom stereocenters. The van der Waals surface area contributed by atoms with E-state index in [0.29, 0.717) is 4.57 Å². The molecule has 0 spiro atoms. The molecule has 134 valence electrons. The molecule has 0 aliphatic heterocycles. The molecule has 0 saturated heterocycles. The van der Waals surface area contributed by atoms with E-state index in [1.165, 1.54) is 7.05 Å². The quantitative estimate of drug-likeness (QED) is 0.763. The van der Waals surface area contributed by atoms with Crippen molar-refractivity contribution >= 4 is 11.2 Å². The van der Waals surface area contributed by atoms with Gasteiger partial charge in [-0.25, -0.2) is 9.78 Å². The van der Waals surface area contributed by atoms with Crippen molar-refractivity contribution in [2.45, 2.75) is 58.7 Å². The molecule has 0 amide bonds. The molecule has 0 aromatic carbocycles. The van der Waals surface area contributed by atoms with Crippen LogP contribution in [0.5, 0.6) is 0 Å². The first-order chi connectivity index (χ1) is 15.2. The molecule has 0 bridgehead atoms. The first-order valence-electron chi connectivity index (χ1n) is 12.3. The van der Waals surface area contributed by atoms with Crippen LogP contribution < -0.4 is 11.2 Å². The smallest absolute Gasteiger partial charge is 0.332 e. The third kappa shape index (κ3) is 3.93. The van der Waals surface area contributed by atoms with Gasteiger partial charge in [-0.2, -0.15) is 0 Å². The van der Waals surface area contributed by atoms with Gasteiger partial charge in [0.05, 0.1) is 14.7 Å². The number of aliphatic hydroxyl groups is 1. The van der Waals surface area contributed by atoms with Crippen molar-refractivity contribution in [3.63, 3.8) is 0 Å². The number of ether oxygens (including phenoxy) is 1. The molecule has 0 radical (unpaired) electrons. The van der Waals surface area contributed by atoms with Crippen LogP contribution in [-0.4, -0.2) is 36.0 Å². The molecule has 2 heterocycles. The Morgan fingerprint density at radius 2 is 2.17 bits per heavy atom. The number of aromatic nitrogens is 4. The highest BCUT2D eigenvalue weighted by atomic mass is 16.5. The normalized spacial score (nSPS) is 20.6. The number of rotatable bonds is 8. The fraction of sp³-hybridized carbons (Fsp3) is 0.688. The Hall–Kier alpha value is -1.93. The Morgan fingerprint density at radius 1 is 1.42 bits per heavy atom. The van der Waals surface area contributed by atoms with Crippen LogP contribution in [0.25, 0.3) is 11.2 Å².